The minimum Gasteiger partial charge on any atom is -0.303 e. The van der Waals surface area contributed by atoms with Gasteiger partial charge in [0.15, 0.2) is 0 Å². The van der Waals surface area contributed by atoms with Crippen molar-refractivity contribution in [1.29, 1.82) is 0 Å². The third-order valence-corrected chi connectivity index (χ3v) is 5.84. The first-order valence-electron chi connectivity index (χ1n) is 10.3. The van der Waals surface area contributed by atoms with E-state index >= 15 is 0 Å². The molecular formula is C20H40N2. The smallest absolute Gasteiger partial charge is 0.00161 e. The lowest BCUT2D eigenvalue weighted by Crippen LogP contribution is -2.36. The highest BCUT2D eigenvalue weighted by Gasteiger charge is 2.19. The van der Waals surface area contributed by atoms with Crippen LogP contribution in [0.4, 0.5) is 0 Å². The first-order valence-corrected chi connectivity index (χ1v) is 10.3. The highest BCUT2D eigenvalue weighted by Crippen LogP contribution is 2.22. The zero-order valence-electron chi connectivity index (χ0n) is 15.2. The van der Waals surface area contributed by atoms with Gasteiger partial charge in [-0.15, -0.1) is 0 Å². The Labute approximate surface area is 139 Å². The maximum absolute atomic E-state index is 2.74. The lowest BCUT2D eigenvalue weighted by atomic mass is 9.93. The van der Waals surface area contributed by atoms with E-state index in [0.29, 0.717) is 0 Å². The summed E-state index contributed by atoms with van der Waals surface area (Å²) in [5.41, 5.74) is 0. The standard InChI is InChI=1S/C20H40N2/c1-2-3-4-5-8-16-22-18-12-20(13-19-22)11-17-21-14-9-6-7-10-15-21/h20H,2-19H2,1H3. The number of rotatable bonds is 9. The molecule has 2 heterocycles. The lowest BCUT2D eigenvalue weighted by Gasteiger charge is -2.33. The predicted octanol–water partition coefficient (Wildman–Crippen LogP) is 4.93. The van der Waals surface area contributed by atoms with E-state index in [0.717, 1.165) is 5.92 Å². The first-order chi connectivity index (χ1) is 10.9. The summed E-state index contributed by atoms with van der Waals surface area (Å²) in [4.78, 5) is 5.47. The molecule has 0 aliphatic carbocycles. The minimum atomic E-state index is 1.01. The molecule has 0 atom stereocenters. The van der Waals surface area contributed by atoms with Crippen molar-refractivity contribution < 1.29 is 0 Å². The summed E-state index contributed by atoms with van der Waals surface area (Å²) in [6.45, 7) is 10.5. The number of unbranched alkanes of at least 4 members (excludes halogenated alkanes) is 4. The van der Waals surface area contributed by atoms with Crippen molar-refractivity contribution in [3.05, 3.63) is 0 Å². The Morgan fingerprint density at radius 1 is 0.682 bits per heavy atom. The first kappa shape index (κ1) is 18.3. The number of piperidine rings is 1. The van der Waals surface area contributed by atoms with Crippen LogP contribution in [-0.2, 0) is 0 Å². The van der Waals surface area contributed by atoms with Gasteiger partial charge < -0.3 is 9.80 Å². The van der Waals surface area contributed by atoms with Gasteiger partial charge in [-0.25, -0.2) is 0 Å². The third kappa shape index (κ3) is 7.46. The summed E-state index contributed by atoms with van der Waals surface area (Å²) in [7, 11) is 0. The second-order valence-corrected chi connectivity index (χ2v) is 7.74. The highest BCUT2D eigenvalue weighted by atomic mass is 15.1. The Bertz CT molecular complexity index is 250. The van der Waals surface area contributed by atoms with E-state index in [1.54, 1.807) is 0 Å². The van der Waals surface area contributed by atoms with Crippen molar-refractivity contribution in [1.82, 2.24) is 9.80 Å². The Morgan fingerprint density at radius 3 is 2.00 bits per heavy atom. The van der Waals surface area contributed by atoms with Crippen LogP contribution >= 0.6 is 0 Å². The van der Waals surface area contributed by atoms with E-state index in [1.807, 2.05) is 0 Å². The van der Waals surface area contributed by atoms with Gasteiger partial charge in [-0.3, -0.25) is 0 Å². The Morgan fingerprint density at radius 2 is 1.32 bits per heavy atom. The highest BCUT2D eigenvalue weighted by molar-refractivity contribution is 4.74. The van der Waals surface area contributed by atoms with Crippen LogP contribution in [0.1, 0.15) is 84.0 Å². The van der Waals surface area contributed by atoms with Gasteiger partial charge in [-0.05, 0) is 83.7 Å². The Hall–Kier alpha value is -0.0800. The molecule has 0 aromatic heterocycles. The molecule has 2 saturated heterocycles. The van der Waals surface area contributed by atoms with Gasteiger partial charge in [0.05, 0.1) is 0 Å². The molecule has 2 fully saturated rings. The molecule has 0 saturated carbocycles. The number of hydrogen-bond acceptors (Lipinski definition) is 2. The maximum Gasteiger partial charge on any atom is -0.00161 e. The van der Waals surface area contributed by atoms with Crippen LogP contribution in [0, 0.1) is 5.92 Å². The topological polar surface area (TPSA) is 6.48 Å². The van der Waals surface area contributed by atoms with Gasteiger partial charge in [0.25, 0.3) is 0 Å². The number of hydrogen-bond donors (Lipinski definition) is 0. The summed E-state index contributed by atoms with van der Waals surface area (Å²) in [5, 5.41) is 0. The fraction of sp³-hybridized carbons (Fsp3) is 1.00. The second-order valence-electron chi connectivity index (χ2n) is 7.74. The van der Waals surface area contributed by atoms with Crippen molar-refractivity contribution in [2.24, 2.45) is 5.92 Å². The van der Waals surface area contributed by atoms with E-state index in [2.05, 4.69) is 16.7 Å². The van der Waals surface area contributed by atoms with Crippen molar-refractivity contribution in [2.75, 3.05) is 39.3 Å². The zero-order chi connectivity index (χ0) is 15.5. The Balaban J connectivity index is 1.49. The SMILES string of the molecule is CCCCCCCN1CCC(CCN2CCCCCC2)CC1. The van der Waals surface area contributed by atoms with E-state index in [-0.39, 0.29) is 0 Å². The molecule has 0 N–H and O–H groups in total. The maximum atomic E-state index is 2.74. The van der Waals surface area contributed by atoms with Crippen LogP contribution in [-0.4, -0.2) is 49.1 Å². The average Bonchev–Trinajstić information content (AvgIpc) is 2.83. The fourth-order valence-electron chi connectivity index (χ4n) is 4.16. The van der Waals surface area contributed by atoms with Crippen LogP contribution in [0.5, 0.6) is 0 Å². The lowest BCUT2D eigenvalue weighted by molar-refractivity contribution is 0.162. The monoisotopic (exact) mass is 308 g/mol. The summed E-state index contributed by atoms with van der Waals surface area (Å²) in [5.74, 6) is 1.01. The van der Waals surface area contributed by atoms with E-state index < -0.39 is 0 Å². The summed E-state index contributed by atoms with van der Waals surface area (Å²) < 4.78 is 0. The van der Waals surface area contributed by atoms with Crippen LogP contribution in [0.15, 0.2) is 0 Å². The normalized spacial score (nSPS) is 22.8. The van der Waals surface area contributed by atoms with Gasteiger partial charge in [-0.2, -0.15) is 0 Å². The van der Waals surface area contributed by atoms with Crippen molar-refractivity contribution in [3.63, 3.8) is 0 Å². The molecule has 2 nitrogen and oxygen atoms in total. The molecule has 22 heavy (non-hydrogen) atoms. The molecule has 130 valence electrons. The number of nitrogens with zero attached hydrogens (tertiary/aromatic N) is 2. The molecule has 0 radical (unpaired) electrons. The summed E-state index contributed by atoms with van der Waals surface area (Å²) in [6, 6.07) is 0. The minimum absolute atomic E-state index is 1.01. The van der Waals surface area contributed by atoms with Crippen LogP contribution in [0.2, 0.25) is 0 Å². The molecule has 0 spiro atoms. The molecule has 2 heteroatoms. The Kier molecular flexibility index (Phi) is 9.51. The van der Waals surface area contributed by atoms with Gasteiger partial charge in [0.1, 0.15) is 0 Å². The molecule has 2 aliphatic heterocycles. The van der Waals surface area contributed by atoms with E-state index in [9.17, 15) is 0 Å². The van der Waals surface area contributed by atoms with Gasteiger partial charge in [0, 0.05) is 0 Å². The second kappa shape index (κ2) is 11.5. The molecule has 2 rings (SSSR count). The predicted molar refractivity (Wildman–Crippen MR) is 97.4 cm³/mol. The van der Waals surface area contributed by atoms with Crippen LogP contribution in [0.25, 0.3) is 0 Å². The quantitative estimate of drug-likeness (QED) is 0.557. The van der Waals surface area contributed by atoms with E-state index in [1.165, 1.54) is 116 Å². The van der Waals surface area contributed by atoms with Crippen molar-refractivity contribution >= 4 is 0 Å². The molecule has 0 bridgehead atoms. The van der Waals surface area contributed by atoms with Crippen LogP contribution < -0.4 is 0 Å². The molecule has 0 aromatic carbocycles. The molecule has 0 amide bonds. The molecule has 0 aromatic rings. The number of likely N-dealkylation sites (tertiary alicyclic amines) is 2. The molecule has 2 aliphatic rings. The van der Waals surface area contributed by atoms with Crippen molar-refractivity contribution in [2.45, 2.75) is 84.0 Å². The largest absolute Gasteiger partial charge is 0.303 e. The summed E-state index contributed by atoms with van der Waals surface area (Å²) in [6.07, 6.45) is 17.3. The summed E-state index contributed by atoms with van der Waals surface area (Å²) >= 11 is 0. The molecule has 0 unspecified atom stereocenters. The third-order valence-electron chi connectivity index (χ3n) is 5.84. The van der Waals surface area contributed by atoms with Crippen molar-refractivity contribution in [3.8, 4) is 0 Å². The van der Waals surface area contributed by atoms with Gasteiger partial charge in [-0.1, -0.05) is 45.4 Å². The average molecular weight is 309 g/mol. The fourth-order valence-corrected chi connectivity index (χ4v) is 4.16. The zero-order valence-corrected chi connectivity index (χ0v) is 15.2. The van der Waals surface area contributed by atoms with Crippen LogP contribution in [0.3, 0.4) is 0 Å². The van der Waals surface area contributed by atoms with E-state index in [4.69, 9.17) is 0 Å². The molecular weight excluding hydrogens is 268 g/mol. The van der Waals surface area contributed by atoms with Gasteiger partial charge in [0.2, 0.25) is 0 Å². The van der Waals surface area contributed by atoms with Gasteiger partial charge >= 0.3 is 0 Å².